The van der Waals surface area contributed by atoms with Crippen LogP contribution in [0.5, 0.6) is 0 Å². The van der Waals surface area contributed by atoms with Crippen LogP contribution in [0.1, 0.15) is 290 Å². The van der Waals surface area contributed by atoms with Crippen molar-refractivity contribution in [3.8, 4) is 0 Å². The number of rotatable bonds is 58. The highest BCUT2D eigenvalue weighted by molar-refractivity contribution is 5.71. The zero-order chi connectivity index (χ0) is 57.1. The summed E-state index contributed by atoms with van der Waals surface area (Å²) in [6, 6.07) is 0. The van der Waals surface area contributed by atoms with Crippen molar-refractivity contribution in [3.05, 3.63) is 134 Å². The first-order valence-electron chi connectivity index (χ1n) is 32.7. The molecule has 0 aromatic carbocycles. The summed E-state index contributed by atoms with van der Waals surface area (Å²) >= 11 is 0. The Morgan fingerprint density at radius 2 is 0.506 bits per heavy atom. The number of carbonyl (C=O) groups is 3. The molecule has 0 saturated carbocycles. The van der Waals surface area contributed by atoms with E-state index in [-0.39, 0.29) is 37.5 Å². The van der Waals surface area contributed by atoms with Gasteiger partial charge >= 0.3 is 17.9 Å². The normalized spacial score (nSPS) is 13.0. The molecule has 0 saturated heterocycles. The lowest BCUT2D eigenvalue weighted by atomic mass is 10.0. The molecule has 0 rings (SSSR count). The maximum atomic E-state index is 12.9. The zero-order valence-electron chi connectivity index (χ0n) is 51.3. The SMILES string of the molecule is CC/C=C\C/C=C\C/C=C\C/C=C\C/C=C\CCCC(=O)OC(COC(=O)CCCCCCC/C=C\C/C=C\CCCCC)COC(=O)CCCCCCCCCCCCCCCCCC/C=C\C/C=C\C/C=C\C/C=C\CC. The lowest BCUT2D eigenvalue weighted by molar-refractivity contribution is -0.167. The minimum absolute atomic E-state index is 0.107. The van der Waals surface area contributed by atoms with Crippen LogP contribution in [-0.4, -0.2) is 37.2 Å². The minimum Gasteiger partial charge on any atom is -0.462 e. The lowest BCUT2D eigenvalue weighted by Crippen LogP contribution is -2.30. The molecule has 0 bridgehead atoms. The first-order valence-corrected chi connectivity index (χ1v) is 32.7. The number of allylic oxidation sites excluding steroid dienone is 22. The predicted octanol–water partition coefficient (Wildman–Crippen LogP) is 22.5. The molecule has 0 aliphatic heterocycles. The van der Waals surface area contributed by atoms with Crippen molar-refractivity contribution < 1.29 is 28.6 Å². The Balaban J connectivity index is 4.34. The molecule has 0 aliphatic rings. The molecule has 448 valence electrons. The predicted molar refractivity (Wildman–Crippen MR) is 343 cm³/mol. The van der Waals surface area contributed by atoms with Gasteiger partial charge in [0.1, 0.15) is 13.2 Å². The molecular formula is C73H120O6. The van der Waals surface area contributed by atoms with Crippen molar-refractivity contribution in [2.24, 2.45) is 0 Å². The van der Waals surface area contributed by atoms with E-state index in [4.69, 9.17) is 14.2 Å². The van der Waals surface area contributed by atoms with Gasteiger partial charge in [0.05, 0.1) is 0 Å². The Morgan fingerprint density at radius 3 is 0.810 bits per heavy atom. The number of hydrogen-bond donors (Lipinski definition) is 0. The molecule has 0 N–H and O–H groups in total. The van der Waals surface area contributed by atoms with Crippen molar-refractivity contribution in [1.29, 1.82) is 0 Å². The average molecular weight is 1090 g/mol. The first-order chi connectivity index (χ1) is 39.0. The van der Waals surface area contributed by atoms with Crippen LogP contribution in [0.15, 0.2) is 134 Å². The molecule has 6 heteroatoms. The molecule has 1 unspecified atom stereocenters. The molecule has 0 amide bonds. The quantitative estimate of drug-likeness (QED) is 0.0261. The second-order valence-corrected chi connectivity index (χ2v) is 21.3. The monoisotopic (exact) mass is 1090 g/mol. The van der Waals surface area contributed by atoms with Gasteiger partial charge in [0.2, 0.25) is 0 Å². The van der Waals surface area contributed by atoms with E-state index >= 15 is 0 Å². The Hall–Kier alpha value is -4.45. The zero-order valence-corrected chi connectivity index (χ0v) is 51.3. The first kappa shape index (κ1) is 74.5. The Bertz CT molecular complexity index is 1680. The summed E-state index contributed by atoms with van der Waals surface area (Å²) in [6.45, 7) is 6.34. The van der Waals surface area contributed by atoms with Crippen molar-refractivity contribution >= 4 is 17.9 Å². The molecule has 6 nitrogen and oxygen atoms in total. The minimum atomic E-state index is -0.818. The van der Waals surface area contributed by atoms with E-state index in [2.05, 4.69) is 154 Å². The second kappa shape index (κ2) is 66.1. The van der Waals surface area contributed by atoms with Crippen molar-refractivity contribution in [3.63, 3.8) is 0 Å². The highest BCUT2D eigenvalue weighted by atomic mass is 16.6. The molecule has 0 aromatic rings. The van der Waals surface area contributed by atoms with E-state index in [1.807, 2.05) is 0 Å². The highest BCUT2D eigenvalue weighted by Gasteiger charge is 2.19. The van der Waals surface area contributed by atoms with Gasteiger partial charge in [-0.25, -0.2) is 0 Å². The van der Waals surface area contributed by atoms with Crippen LogP contribution in [0, 0.1) is 0 Å². The average Bonchev–Trinajstić information content (AvgIpc) is 3.45. The summed E-state index contributed by atoms with van der Waals surface area (Å²) in [5.74, 6) is -0.976. The Morgan fingerprint density at radius 1 is 0.266 bits per heavy atom. The molecule has 1 atom stereocenters. The summed E-state index contributed by atoms with van der Waals surface area (Å²) in [5.41, 5.74) is 0. The van der Waals surface area contributed by atoms with E-state index in [1.54, 1.807) is 0 Å². The maximum Gasteiger partial charge on any atom is 0.306 e. The number of esters is 3. The van der Waals surface area contributed by atoms with Crippen molar-refractivity contribution in [1.82, 2.24) is 0 Å². The molecular weight excluding hydrogens is 973 g/mol. The third kappa shape index (κ3) is 64.3. The largest absolute Gasteiger partial charge is 0.462 e. The van der Waals surface area contributed by atoms with Gasteiger partial charge in [-0.1, -0.05) is 276 Å². The topological polar surface area (TPSA) is 78.9 Å². The fraction of sp³-hybridized carbons (Fsp3) is 0.658. The smallest absolute Gasteiger partial charge is 0.306 e. The summed E-state index contributed by atoms with van der Waals surface area (Å²) < 4.78 is 16.9. The standard InChI is InChI=1S/C73H120O6/c1-4-7-10-13-16-19-22-25-28-30-31-32-33-34-35-36-37-38-39-40-41-43-45-48-51-54-57-60-63-66-72(75)78-69-70(68-77-71(74)65-62-59-56-53-50-47-44-27-24-21-18-15-12-9-6-3)79-73(76)67-64-61-58-55-52-49-46-42-29-26-23-20-17-14-11-8-5-2/h7-8,10-11,16-21,25-29,31-32,44,46,49,55,58,70H,4-6,9,12-15,22-24,30,33-43,45,47-48,50-54,56-57,59-69H2,1-3H3/b10-7-,11-8-,19-16-,20-17-,21-18-,28-25-,29-26-,32-31-,44-27-,49-46-,58-55-. The van der Waals surface area contributed by atoms with Crippen LogP contribution < -0.4 is 0 Å². The summed E-state index contributed by atoms with van der Waals surface area (Å²) in [7, 11) is 0. The van der Waals surface area contributed by atoms with Crippen LogP contribution in [0.4, 0.5) is 0 Å². The second-order valence-electron chi connectivity index (χ2n) is 21.3. The van der Waals surface area contributed by atoms with Gasteiger partial charge in [0.15, 0.2) is 6.10 Å². The molecule has 0 heterocycles. The van der Waals surface area contributed by atoms with Gasteiger partial charge in [0, 0.05) is 19.3 Å². The van der Waals surface area contributed by atoms with Gasteiger partial charge in [-0.2, -0.15) is 0 Å². The third-order valence-electron chi connectivity index (χ3n) is 13.6. The number of ether oxygens (including phenoxy) is 3. The van der Waals surface area contributed by atoms with Crippen LogP contribution in [0.25, 0.3) is 0 Å². The van der Waals surface area contributed by atoms with E-state index in [0.717, 1.165) is 128 Å². The fourth-order valence-electron chi connectivity index (χ4n) is 8.79. The van der Waals surface area contributed by atoms with Crippen LogP contribution in [-0.2, 0) is 28.6 Å². The van der Waals surface area contributed by atoms with Gasteiger partial charge in [0.25, 0.3) is 0 Å². The lowest BCUT2D eigenvalue weighted by Gasteiger charge is -2.18. The van der Waals surface area contributed by atoms with Crippen molar-refractivity contribution in [2.45, 2.75) is 297 Å². The van der Waals surface area contributed by atoms with Gasteiger partial charge in [-0.05, 0) is 128 Å². The van der Waals surface area contributed by atoms with Crippen LogP contribution in [0.2, 0.25) is 0 Å². The molecule has 0 aromatic heterocycles. The molecule has 0 radical (unpaired) electrons. The summed E-state index contributed by atoms with van der Waals surface area (Å²) in [4.78, 5) is 38.3. The summed E-state index contributed by atoms with van der Waals surface area (Å²) in [5, 5.41) is 0. The number of hydrogen-bond acceptors (Lipinski definition) is 6. The van der Waals surface area contributed by atoms with Gasteiger partial charge in [-0.15, -0.1) is 0 Å². The molecule has 0 spiro atoms. The number of carbonyl (C=O) groups excluding carboxylic acids is 3. The Kier molecular flexibility index (Phi) is 62.3. The third-order valence-corrected chi connectivity index (χ3v) is 13.6. The molecule has 79 heavy (non-hydrogen) atoms. The van der Waals surface area contributed by atoms with Crippen LogP contribution in [0.3, 0.4) is 0 Å². The molecule has 0 fully saturated rings. The van der Waals surface area contributed by atoms with E-state index < -0.39 is 6.10 Å². The van der Waals surface area contributed by atoms with Crippen LogP contribution >= 0.6 is 0 Å². The summed E-state index contributed by atoms with van der Waals surface area (Å²) in [6.07, 6.45) is 93.3. The Labute approximate surface area is 487 Å². The van der Waals surface area contributed by atoms with Gasteiger partial charge < -0.3 is 14.2 Å². The fourth-order valence-corrected chi connectivity index (χ4v) is 8.79. The number of unbranched alkanes of at least 4 members (excludes halogenated alkanes) is 25. The molecule has 0 aliphatic carbocycles. The van der Waals surface area contributed by atoms with E-state index in [9.17, 15) is 14.4 Å². The maximum absolute atomic E-state index is 12.9. The van der Waals surface area contributed by atoms with Crippen molar-refractivity contribution in [2.75, 3.05) is 13.2 Å². The van der Waals surface area contributed by atoms with Gasteiger partial charge in [-0.3, -0.25) is 14.4 Å². The van der Waals surface area contributed by atoms with E-state index in [0.29, 0.717) is 19.3 Å². The highest BCUT2D eigenvalue weighted by Crippen LogP contribution is 2.16. The van der Waals surface area contributed by atoms with E-state index in [1.165, 1.54) is 116 Å².